The minimum atomic E-state index is -1.97. The highest BCUT2D eigenvalue weighted by atomic mass is 16.7. The number of likely N-dealkylation sites (N-methyl/N-ethyl adjacent to an activating group) is 2. The summed E-state index contributed by atoms with van der Waals surface area (Å²) in [6, 6.07) is 6.68. The number of hydrogen-bond acceptors (Lipinski definition) is 26. The Morgan fingerprint density at radius 2 is 1.29 bits per heavy atom. The van der Waals surface area contributed by atoms with Gasteiger partial charge in [-0.2, -0.15) is 0 Å². The number of rotatable bonds is 43. The quantitative estimate of drug-likeness (QED) is 0.0354. The van der Waals surface area contributed by atoms with Crippen LogP contribution in [0, 0.1) is 29.6 Å². The Bertz CT molecular complexity index is 3550. The summed E-state index contributed by atoms with van der Waals surface area (Å²) < 4.78 is 48.0. The first kappa shape index (κ1) is 94.2. The molecule has 3 aliphatic rings. The minimum absolute atomic E-state index is 0.125. The van der Waals surface area contributed by atoms with Gasteiger partial charge in [0.05, 0.1) is 68.9 Å². The van der Waals surface area contributed by atoms with Crippen LogP contribution in [0.5, 0.6) is 0 Å². The lowest BCUT2D eigenvalue weighted by molar-refractivity contribution is -0.307. The first-order valence-corrected chi connectivity index (χ1v) is 38.0. The number of carboxylic acids is 2. The average Bonchev–Trinajstić information content (AvgIpc) is 1.62. The van der Waals surface area contributed by atoms with Crippen molar-refractivity contribution in [3.63, 3.8) is 0 Å². The van der Waals surface area contributed by atoms with Gasteiger partial charge in [-0.25, -0.2) is 9.59 Å². The van der Waals surface area contributed by atoms with E-state index in [-0.39, 0.29) is 43.5 Å². The first-order chi connectivity index (χ1) is 54.1. The van der Waals surface area contributed by atoms with Gasteiger partial charge in [0.1, 0.15) is 79.6 Å². The largest absolute Gasteiger partial charge is 0.481 e. The maximum atomic E-state index is 15.0. The lowest BCUT2D eigenvalue weighted by atomic mass is 9.89. The van der Waals surface area contributed by atoms with Crippen molar-refractivity contribution in [3.8, 4) is 0 Å². The van der Waals surface area contributed by atoms with E-state index in [2.05, 4.69) is 37.2 Å². The molecule has 4 unspecified atom stereocenters. The Labute approximate surface area is 663 Å². The summed E-state index contributed by atoms with van der Waals surface area (Å²) in [4.78, 5) is 165. The van der Waals surface area contributed by atoms with Crippen molar-refractivity contribution in [3.05, 3.63) is 65.7 Å². The Morgan fingerprint density at radius 1 is 0.658 bits per heavy atom. The van der Waals surface area contributed by atoms with Crippen LogP contribution >= 0.6 is 0 Å². The van der Waals surface area contributed by atoms with E-state index < -0.39 is 244 Å². The number of carbonyl (C=O) groups excluding carboxylic acids is 10. The monoisotopic (exact) mass is 1620 g/mol. The minimum Gasteiger partial charge on any atom is -0.481 e. The normalized spacial score (nSPS) is 24.3. The molecule has 0 radical (unpaired) electrons. The zero-order valence-corrected chi connectivity index (χ0v) is 66.8. The third kappa shape index (κ3) is 26.7. The molecule has 3 saturated heterocycles. The molecule has 3 fully saturated rings. The van der Waals surface area contributed by atoms with Crippen molar-refractivity contribution >= 4 is 76.9 Å². The zero-order chi connectivity index (χ0) is 86.2. The topological polar surface area (TPSA) is 545 Å². The van der Waals surface area contributed by atoms with Crippen LogP contribution < -0.4 is 37.2 Å². The summed E-state index contributed by atoms with van der Waals surface area (Å²) in [7, 11) is 5.78. The Hall–Kier alpha value is -8.64. The molecule has 16 N–H and O–H groups in total. The highest BCUT2D eigenvalue weighted by Crippen LogP contribution is 2.34. The van der Waals surface area contributed by atoms with Crippen LogP contribution in [-0.2, 0) is 92.5 Å². The highest BCUT2D eigenvalue weighted by molar-refractivity contribution is 5.99. The van der Waals surface area contributed by atoms with E-state index >= 15 is 0 Å². The number of carboxylic acid groups (broad SMARTS) is 2. The fraction of sp³-hybridized carbons (Fsp3) is 0.684. The van der Waals surface area contributed by atoms with Crippen molar-refractivity contribution in [1.82, 2.24) is 46.6 Å². The molecular weight excluding hydrogens is 1500 g/mol. The molecule has 38 nitrogen and oxygen atoms in total. The molecule has 23 atom stereocenters. The lowest BCUT2D eigenvalue weighted by Gasteiger charge is -2.41. The molecule has 0 aromatic heterocycles. The summed E-state index contributed by atoms with van der Waals surface area (Å²) in [5, 5.41) is 109. The smallest absolute Gasteiger partial charge is 0.410 e. The third-order valence-electron chi connectivity index (χ3n) is 20.5. The number of benzene rings is 2. The van der Waals surface area contributed by atoms with Gasteiger partial charge in [0.25, 0.3) is 0 Å². The van der Waals surface area contributed by atoms with Crippen molar-refractivity contribution in [2.24, 2.45) is 29.6 Å². The number of ether oxygens (including phenoxy) is 7. The Kier molecular flexibility index (Phi) is 37.7. The molecule has 0 spiro atoms. The van der Waals surface area contributed by atoms with Crippen LogP contribution in [0.3, 0.4) is 0 Å². The van der Waals surface area contributed by atoms with Crippen LogP contribution in [0.25, 0.3) is 0 Å². The second kappa shape index (κ2) is 45.6. The highest BCUT2D eigenvalue weighted by Gasteiger charge is 2.50. The number of anilines is 1. The summed E-state index contributed by atoms with van der Waals surface area (Å²) in [5.41, 5.74) is 1.00. The predicted molar refractivity (Wildman–Crippen MR) is 403 cm³/mol. The van der Waals surface area contributed by atoms with Crippen molar-refractivity contribution in [2.75, 3.05) is 66.5 Å². The summed E-state index contributed by atoms with van der Waals surface area (Å²) in [5.74, 6) is -12.3. The maximum absolute atomic E-state index is 15.0. The number of carbonyl (C=O) groups is 12. The molecule has 2 aromatic carbocycles. The van der Waals surface area contributed by atoms with Gasteiger partial charge < -0.3 is 126 Å². The summed E-state index contributed by atoms with van der Waals surface area (Å²) >= 11 is 0. The van der Waals surface area contributed by atoms with E-state index in [4.69, 9.17) is 39.6 Å². The number of hydrogen-bond donors (Lipinski definition) is 16. The molecule has 640 valence electrons. The number of nitrogens with one attached hydrogen (secondary N) is 7. The molecule has 0 bridgehead atoms. The lowest BCUT2D eigenvalue weighted by Crippen LogP contribution is -2.61. The number of methoxy groups -OCH3 is 2. The van der Waals surface area contributed by atoms with Gasteiger partial charge in [-0.15, -0.1) is 0 Å². The van der Waals surface area contributed by atoms with E-state index in [9.17, 15) is 98.4 Å². The van der Waals surface area contributed by atoms with E-state index in [1.54, 1.807) is 97.7 Å². The van der Waals surface area contributed by atoms with Crippen LogP contribution in [-0.4, -0.2) is 309 Å². The summed E-state index contributed by atoms with van der Waals surface area (Å²) in [6.07, 6.45) is -23.5. The summed E-state index contributed by atoms with van der Waals surface area (Å²) in [6.45, 7) is 14.5. The standard InChI is InChI=1S/C76H118N10O28/c1-15-40(8)58(48(108-13)32-53(91)86-31-19-22-47(86)65(109-14)41(9)68(100)79-42(10)66(44-20-17-16-18-21-44)113-75-64(99)61(96)62(97)67(114-75)73(105)106)84(11)72(104)56(38(4)5)83-71(103)57(39(6)7)85(12)76(107)111-35-43-23-25-45(26-24-43)80-69(101)46(36-110-74-63(98)60(95)59(94)49(34-87)112-74)81-70(102)55(37(2)3)82-51(89)29-30-77-52(90)33-78-50(88)27-28-54(92)93/h16-18,20-21,23-26,37-42,46-49,55-67,74-75,87,94-99H,15,19,22,27-36H2,1-14H3,(H,77,90)(H,78,88)(H,79,100)(H,80,101)(H,81,102)(H,82,89)(H,83,103)(H,92,93)(H,105,106)/t40-,41+,42+,46?,47-,48+,49+,55-,56?,57-,58-,59+,60-,61-,62-,63+,64+,65+,66+,67-,74+,75?/m0/s1/i27T/t27?,40-,41+,42+,46?,47-,48+,49+,55-,56?,57-,58-,59+,60-,61-,62-,63+,64+,65+,66+,67-,74+,75?. The number of amides is 10. The van der Waals surface area contributed by atoms with E-state index in [1.165, 1.54) is 50.4 Å². The molecule has 0 saturated carbocycles. The average molecular weight is 1620 g/mol. The SMILES string of the molecule is [3H]C(CC(=O)O)C(=O)NCC(=O)NCCC(=O)N[C@H](C(=O)NC(CO[C@@H]1O[C@H](CO)[C@@H](O)[C@H](O)[C@H]1O)C(=O)Nc1ccc(COC(=O)N(C)[C@H](C(=O)NC(C(=O)N(C)[C@@H]([C@@H](C)CC)[C@@H](CC(=O)N2CCC[C@H]2[C@H](OC)[C@@H](C)C(=O)N[C@H](C)[C@@H](OC2O[C@H](C(=O)O)[C@@H](O)[C@H](O)[C@H]2O)c2ccccc2)OC)C(C)C)C(C)C)cc1)C(C)C. The fourth-order valence-corrected chi connectivity index (χ4v) is 13.8. The van der Waals surface area contributed by atoms with E-state index in [0.717, 1.165) is 4.90 Å². The molecule has 2 aromatic rings. The Morgan fingerprint density at radius 3 is 1.87 bits per heavy atom. The molecule has 114 heavy (non-hydrogen) atoms. The molecule has 0 aliphatic carbocycles. The zero-order valence-electron chi connectivity index (χ0n) is 67.8. The van der Waals surface area contributed by atoms with Gasteiger partial charge in [0.15, 0.2) is 18.7 Å². The number of aliphatic carboxylic acids is 2. The van der Waals surface area contributed by atoms with Crippen molar-refractivity contribution < 1.29 is 138 Å². The van der Waals surface area contributed by atoms with Crippen molar-refractivity contribution in [2.45, 2.75) is 243 Å². The van der Waals surface area contributed by atoms with Crippen LogP contribution in [0.4, 0.5) is 10.5 Å². The van der Waals surface area contributed by atoms with Gasteiger partial charge in [-0.05, 0) is 66.7 Å². The van der Waals surface area contributed by atoms with Gasteiger partial charge >= 0.3 is 18.0 Å². The van der Waals surface area contributed by atoms with Gasteiger partial charge in [-0.1, -0.05) is 111 Å². The molecular formula is C76H118N10O28. The molecule has 3 aliphatic heterocycles. The van der Waals surface area contributed by atoms with Crippen LogP contribution in [0.1, 0.15) is 133 Å². The van der Waals surface area contributed by atoms with Gasteiger partial charge in [0.2, 0.25) is 53.2 Å². The second-order valence-electron chi connectivity index (χ2n) is 29.9. The third-order valence-corrected chi connectivity index (χ3v) is 20.5. The van der Waals surface area contributed by atoms with Gasteiger partial charge in [0, 0.05) is 61.3 Å². The second-order valence-corrected chi connectivity index (χ2v) is 29.9. The number of nitrogens with zero attached hydrogens (tertiary/aromatic N) is 3. The Balaban J connectivity index is 1.23. The maximum Gasteiger partial charge on any atom is 0.410 e. The number of aliphatic hydroxyl groups is 7. The predicted octanol–water partition coefficient (Wildman–Crippen LogP) is -1.64. The fourth-order valence-electron chi connectivity index (χ4n) is 13.8. The van der Waals surface area contributed by atoms with E-state index in [0.29, 0.717) is 36.9 Å². The van der Waals surface area contributed by atoms with Crippen LogP contribution in [0.2, 0.25) is 0 Å². The van der Waals surface area contributed by atoms with E-state index in [1.807, 2.05) is 13.8 Å². The molecule has 38 heteroatoms. The van der Waals surface area contributed by atoms with Crippen molar-refractivity contribution in [1.29, 1.82) is 0 Å². The molecule has 10 amide bonds. The van der Waals surface area contributed by atoms with Crippen LogP contribution in [0.15, 0.2) is 54.6 Å². The molecule has 5 rings (SSSR count). The number of likely N-dealkylation sites (tertiary alicyclic amines) is 1. The number of aliphatic hydroxyl groups excluding tert-OH is 7. The molecule has 3 heterocycles. The van der Waals surface area contributed by atoms with Gasteiger partial charge in [-0.3, -0.25) is 52.8 Å². The first-order valence-electron chi connectivity index (χ1n) is 38.6.